The van der Waals surface area contributed by atoms with Crippen molar-refractivity contribution in [1.29, 1.82) is 0 Å². The summed E-state index contributed by atoms with van der Waals surface area (Å²) in [6.45, 7) is 0.817. The third kappa shape index (κ3) is 3.03. The molecule has 0 radical (unpaired) electrons. The predicted molar refractivity (Wildman–Crippen MR) is 67.2 cm³/mol. The standard InChI is InChI=1S/C12H17BrN2O/c1-16-12-4-2-3-11(12)15-8-10-6-5-9(13)7-14-10/h5-7,11-12,15H,2-4,8H2,1H3. The Kier molecular flexibility index (Phi) is 4.32. The molecule has 88 valence electrons. The van der Waals surface area contributed by atoms with Crippen LogP contribution in [-0.4, -0.2) is 24.2 Å². The molecule has 4 heteroatoms. The van der Waals surface area contributed by atoms with Crippen LogP contribution < -0.4 is 5.32 Å². The molecule has 1 aliphatic rings. The molecule has 1 fully saturated rings. The van der Waals surface area contributed by atoms with Gasteiger partial charge < -0.3 is 10.1 Å². The molecule has 2 rings (SSSR count). The molecular weight excluding hydrogens is 268 g/mol. The lowest BCUT2D eigenvalue weighted by Gasteiger charge is -2.19. The van der Waals surface area contributed by atoms with Gasteiger partial charge in [-0.3, -0.25) is 4.98 Å². The first-order valence-corrected chi connectivity index (χ1v) is 6.45. The second-order valence-electron chi connectivity index (χ2n) is 4.16. The second kappa shape index (κ2) is 5.75. The zero-order chi connectivity index (χ0) is 11.4. The van der Waals surface area contributed by atoms with Gasteiger partial charge in [-0.1, -0.05) is 0 Å². The summed E-state index contributed by atoms with van der Waals surface area (Å²) in [7, 11) is 1.79. The second-order valence-corrected chi connectivity index (χ2v) is 5.08. The van der Waals surface area contributed by atoms with E-state index in [0.29, 0.717) is 12.1 Å². The molecule has 1 aromatic rings. The molecule has 1 heterocycles. The molecule has 1 aliphatic carbocycles. The Labute approximate surface area is 105 Å². The summed E-state index contributed by atoms with van der Waals surface area (Å²) in [5.74, 6) is 0. The number of ether oxygens (including phenoxy) is 1. The number of methoxy groups -OCH3 is 1. The summed E-state index contributed by atoms with van der Waals surface area (Å²) in [6, 6.07) is 4.54. The summed E-state index contributed by atoms with van der Waals surface area (Å²) in [4.78, 5) is 4.34. The average molecular weight is 285 g/mol. The summed E-state index contributed by atoms with van der Waals surface area (Å²) < 4.78 is 6.46. The first kappa shape index (κ1) is 12.0. The highest BCUT2D eigenvalue weighted by Crippen LogP contribution is 2.21. The molecule has 0 aliphatic heterocycles. The van der Waals surface area contributed by atoms with Crippen molar-refractivity contribution < 1.29 is 4.74 Å². The van der Waals surface area contributed by atoms with E-state index in [4.69, 9.17) is 4.74 Å². The fourth-order valence-electron chi connectivity index (χ4n) is 2.19. The number of rotatable bonds is 4. The van der Waals surface area contributed by atoms with Gasteiger partial charge >= 0.3 is 0 Å². The van der Waals surface area contributed by atoms with E-state index in [0.717, 1.165) is 16.7 Å². The Morgan fingerprint density at radius 2 is 2.38 bits per heavy atom. The van der Waals surface area contributed by atoms with E-state index in [1.165, 1.54) is 19.3 Å². The first-order chi connectivity index (χ1) is 7.79. The molecule has 0 amide bonds. The van der Waals surface area contributed by atoms with Gasteiger partial charge in [0.25, 0.3) is 0 Å². The molecular formula is C12H17BrN2O. The lowest BCUT2D eigenvalue weighted by atomic mass is 10.2. The maximum atomic E-state index is 5.44. The van der Waals surface area contributed by atoms with E-state index in [-0.39, 0.29) is 0 Å². The Morgan fingerprint density at radius 3 is 3.06 bits per heavy atom. The number of nitrogens with one attached hydrogen (secondary N) is 1. The summed E-state index contributed by atoms with van der Waals surface area (Å²) in [5.41, 5.74) is 1.07. The number of nitrogens with zero attached hydrogens (tertiary/aromatic N) is 1. The molecule has 2 unspecified atom stereocenters. The zero-order valence-electron chi connectivity index (χ0n) is 9.45. The van der Waals surface area contributed by atoms with Gasteiger partial charge in [-0.15, -0.1) is 0 Å². The third-order valence-corrected chi connectivity index (χ3v) is 3.56. The molecule has 1 N–H and O–H groups in total. The zero-order valence-corrected chi connectivity index (χ0v) is 11.0. The molecule has 1 aromatic heterocycles. The van der Waals surface area contributed by atoms with Crippen LogP contribution >= 0.6 is 15.9 Å². The van der Waals surface area contributed by atoms with Crippen molar-refractivity contribution in [1.82, 2.24) is 10.3 Å². The Hall–Kier alpha value is -0.450. The fraction of sp³-hybridized carbons (Fsp3) is 0.583. The molecule has 3 nitrogen and oxygen atoms in total. The van der Waals surface area contributed by atoms with Gasteiger partial charge in [0.1, 0.15) is 0 Å². The molecule has 0 saturated heterocycles. The van der Waals surface area contributed by atoms with Gasteiger partial charge in [0.05, 0.1) is 11.8 Å². The van der Waals surface area contributed by atoms with E-state index < -0.39 is 0 Å². The Bertz CT molecular complexity index is 328. The highest BCUT2D eigenvalue weighted by atomic mass is 79.9. The van der Waals surface area contributed by atoms with Crippen molar-refractivity contribution in [2.24, 2.45) is 0 Å². The lowest BCUT2D eigenvalue weighted by molar-refractivity contribution is 0.0846. The van der Waals surface area contributed by atoms with Gasteiger partial charge in [0, 0.05) is 30.4 Å². The number of hydrogen-bond donors (Lipinski definition) is 1. The monoisotopic (exact) mass is 284 g/mol. The van der Waals surface area contributed by atoms with Crippen LogP contribution in [0.25, 0.3) is 0 Å². The van der Waals surface area contributed by atoms with Crippen molar-refractivity contribution in [2.45, 2.75) is 38.0 Å². The van der Waals surface area contributed by atoms with Gasteiger partial charge in [-0.05, 0) is 47.3 Å². The highest BCUT2D eigenvalue weighted by molar-refractivity contribution is 9.10. The van der Waals surface area contributed by atoms with E-state index >= 15 is 0 Å². The predicted octanol–water partition coefficient (Wildman–Crippen LogP) is 2.50. The normalized spacial score (nSPS) is 24.9. The summed E-state index contributed by atoms with van der Waals surface area (Å²) in [5, 5.41) is 3.52. The Balaban J connectivity index is 1.85. The third-order valence-electron chi connectivity index (χ3n) is 3.09. The van der Waals surface area contributed by atoms with Crippen molar-refractivity contribution in [3.63, 3.8) is 0 Å². The molecule has 0 spiro atoms. The fourth-order valence-corrected chi connectivity index (χ4v) is 2.42. The largest absolute Gasteiger partial charge is 0.380 e. The maximum absolute atomic E-state index is 5.44. The van der Waals surface area contributed by atoms with E-state index in [1.807, 2.05) is 18.3 Å². The van der Waals surface area contributed by atoms with Crippen molar-refractivity contribution >= 4 is 15.9 Å². The minimum absolute atomic E-state index is 0.371. The van der Waals surface area contributed by atoms with Crippen LogP contribution in [0.3, 0.4) is 0 Å². The molecule has 2 atom stereocenters. The van der Waals surface area contributed by atoms with Crippen LogP contribution in [0.15, 0.2) is 22.8 Å². The molecule has 0 aromatic carbocycles. The number of pyridine rings is 1. The van der Waals surface area contributed by atoms with Gasteiger partial charge in [-0.2, -0.15) is 0 Å². The smallest absolute Gasteiger partial charge is 0.0724 e. The van der Waals surface area contributed by atoms with Crippen LogP contribution in [0.5, 0.6) is 0 Å². The SMILES string of the molecule is COC1CCCC1NCc1ccc(Br)cn1. The molecule has 16 heavy (non-hydrogen) atoms. The van der Waals surface area contributed by atoms with Crippen LogP contribution in [-0.2, 0) is 11.3 Å². The van der Waals surface area contributed by atoms with E-state index in [1.54, 1.807) is 7.11 Å². The summed E-state index contributed by atoms with van der Waals surface area (Å²) >= 11 is 3.38. The lowest BCUT2D eigenvalue weighted by Crippen LogP contribution is -2.36. The minimum atomic E-state index is 0.371. The molecule has 0 bridgehead atoms. The quantitative estimate of drug-likeness (QED) is 0.923. The number of halogens is 1. The van der Waals surface area contributed by atoms with Gasteiger partial charge in [0.15, 0.2) is 0 Å². The Morgan fingerprint density at radius 1 is 1.50 bits per heavy atom. The van der Waals surface area contributed by atoms with Crippen molar-refractivity contribution in [3.8, 4) is 0 Å². The number of hydrogen-bond acceptors (Lipinski definition) is 3. The van der Waals surface area contributed by atoms with Crippen LogP contribution in [0.1, 0.15) is 25.0 Å². The van der Waals surface area contributed by atoms with Crippen molar-refractivity contribution in [3.05, 3.63) is 28.5 Å². The van der Waals surface area contributed by atoms with Crippen molar-refractivity contribution in [2.75, 3.05) is 7.11 Å². The average Bonchev–Trinajstić information content (AvgIpc) is 2.76. The van der Waals surface area contributed by atoms with Gasteiger partial charge in [-0.25, -0.2) is 0 Å². The van der Waals surface area contributed by atoms with Crippen LogP contribution in [0.4, 0.5) is 0 Å². The van der Waals surface area contributed by atoms with E-state index in [9.17, 15) is 0 Å². The first-order valence-electron chi connectivity index (χ1n) is 5.66. The minimum Gasteiger partial charge on any atom is -0.380 e. The topological polar surface area (TPSA) is 34.1 Å². The highest BCUT2D eigenvalue weighted by Gasteiger charge is 2.26. The maximum Gasteiger partial charge on any atom is 0.0724 e. The number of aromatic nitrogens is 1. The van der Waals surface area contributed by atoms with Crippen LogP contribution in [0, 0.1) is 0 Å². The molecule has 1 saturated carbocycles. The van der Waals surface area contributed by atoms with E-state index in [2.05, 4.69) is 26.2 Å². The van der Waals surface area contributed by atoms with Crippen LogP contribution in [0.2, 0.25) is 0 Å². The van der Waals surface area contributed by atoms with Gasteiger partial charge in [0.2, 0.25) is 0 Å². The summed E-state index contributed by atoms with van der Waals surface area (Å²) in [6.07, 6.45) is 5.83.